The van der Waals surface area contributed by atoms with Crippen molar-refractivity contribution in [1.29, 1.82) is 0 Å². The van der Waals surface area contributed by atoms with E-state index in [1.165, 1.54) is 26.4 Å². The topological polar surface area (TPSA) is 114 Å². The molecule has 0 aliphatic carbocycles. The number of nitro benzene ring substituents is 1. The number of carbonyl (C=O) groups is 1. The molecule has 33 heavy (non-hydrogen) atoms. The average Bonchev–Trinajstić information content (AvgIpc) is 3.28. The largest absolute Gasteiger partial charge is 0.493 e. The lowest BCUT2D eigenvalue weighted by Gasteiger charge is -2.26. The third kappa shape index (κ3) is 4.08. The van der Waals surface area contributed by atoms with Crippen LogP contribution in [0.1, 0.15) is 33.9 Å². The van der Waals surface area contributed by atoms with E-state index < -0.39 is 16.9 Å². The molecule has 3 aromatic carbocycles. The molecule has 0 spiro atoms. The summed E-state index contributed by atoms with van der Waals surface area (Å²) in [6.07, 6.45) is 0.427. The van der Waals surface area contributed by atoms with Gasteiger partial charge in [-0.15, -0.1) is 0 Å². The number of methoxy groups -OCH3 is 2. The number of hydrogen-bond donors (Lipinski definition) is 1. The zero-order valence-electron chi connectivity index (χ0n) is 18.0. The van der Waals surface area contributed by atoms with Crippen LogP contribution in [0.15, 0.2) is 71.8 Å². The number of nitrogens with zero attached hydrogens (tertiary/aromatic N) is 3. The standard InChI is InChI=1S/C24H21N3O6/c1-32-21-13-12-18(22(24(28)29)23(21)33-2)20-14-19(15-6-4-3-5-7-15)25-26(20)16-8-10-17(11-9-16)27(30)31/h3-13,20H,14H2,1-2H3,(H,28,29)/t20-/m1/s1. The number of hydrogen-bond acceptors (Lipinski definition) is 7. The first-order chi connectivity index (χ1) is 15.9. The molecule has 1 aliphatic heterocycles. The van der Waals surface area contributed by atoms with Crippen LogP contribution in [-0.2, 0) is 0 Å². The molecule has 1 atom stereocenters. The minimum atomic E-state index is -1.16. The van der Waals surface area contributed by atoms with E-state index >= 15 is 0 Å². The first-order valence-electron chi connectivity index (χ1n) is 10.1. The maximum Gasteiger partial charge on any atom is 0.339 e. The van der Waals surface area contributed by atoms with Gasteiger partial charge in [-0.3, -0.25) is 15.1 Å². The normalized spacial score (nSPS) is 15.2. The molecular formula is C24H21N3O6. The van der Waals surface area contributed by atoms with Gasteiger partial charge >= 0.3 is 5.97 Å². The lowest BCUT2D eigenvalue weighted by atomic mass is 9.93. The Morgan fingerprint density at radius 3 is 2.33 bits per heavy atom. The van der Waals surface area contributed by atoms with Crippen LogP contribution >= 0.6 is 0 Å². The van der Waals surface area contributed by atoms with Crippen molar-refractivity contribution >= 4 is 23.1 Å². The fourth-order valence-corrected chi connectivity index (χ4v) is 3.96. The molecule has 168 valence electrons. The molecule has 0 saturated carbocycles. The maximum absolute atomic E-state index is 12.3. The number of ether oxygens (including phenoxy) is 2. The van der Waals surface area contributed by atoms with Crippen LogP contribution in [0.2, 0.25) is 0 Å². The SMILES string of the molecule is COc1ccc([C@H]2CC(c3ccccc3)=NN2c2ccc([N+](=O)[O-])cc2)c(C(=O)O)c1OC. The molecule has 0 aromatic heterocycles. The summed E-state index contributed by atoms with van der Waals surface area (Å²) in [6.45, 7) is 0. The van der Waals surface area contributed by atoms with Gasteiger partial charge in [0.15, 0.2) is 11.5 Å². The molecule has 0 fully saturated rings. The number of aromatic carboxylic acids is 1. The summed E-state index contributed by atoms with van der Waals surface area (Å²) < 4.78 is 10.7. The second kappa shape index (κ2) is 8.99. The van der Waals surface area contributed by atoms with Gasteiger partial charge in [-0.25, -0.2) is 4.79 Å². The number of carboxylic acids is 1. The second-order valence-electron chi connectivity index (χ2n) is 7.32. The van der Waals surface area contributed by atoms with Crippen LogP contribution in [-0.4, -0.2) is 35.9 Å². The summed E-state index contributed by atoms with van der Waals surface area (Å²) in [4.78, 5) is 22.9. The van der Waals surface area contributed by atoms with Gasteiger partial charge in [0.2, 0.25) is 0 Å². The minimum Gasteiger partial charge on any atom is -0.493 e. The Hall–Kier alpha value is -4.40. The highest BCUT2D eigenvalue weighted by molar-refractivity contribution is 6.04. The summed E-state index contributed by atoms with van der Waals surface area (Å²) in [5.74, 6) is -0.723. The van der Waals surface area contributed by atoms with E-state index in [0.29, 0.717) is 23.4 Å². The van der Waals surface area contributed by atoms with Gasteiger partial charge in [0.1, 0.15) is 5.56 Å². The third-order valence-corrected chi connectivity index (χ3v) is 5.49. The predicted octanol–water partition coefficient (Wildman–Crippen LogP) is 4.67. The van der Waals surface area contributed by atoms with E-state index in [0.717, 1.165) is 11.3 Å². The van der Waals surface area contributed by atoms with Crippen molar-refractivity contribution in [3.8, 4) is 11.5 Å². The number of nitro groups is 1. The van der Waals surface area contributed by atoms with Crippen molar-refractivity contribution in [1.82, 2.24) is 0 Å². The molecule has 3 aromatic rings. The van der Waals surface area contributed by atoms with E-state index in [1.807, 2.05) is 30.3 Å². The van der Waals surface area contributed by atoms with Crippen LogP contribution in [0.5, 0.6) is 11.5 Å². The number of benzene rings is 3. The first kappa shape index (κ1) is 21.8. The second-order valence-corrected chi connectivity index (χ2v) is 7.32. The minimum absolute atomic E-state index is 0.0155. The predicted molar refractivity (Wildman–Crippen MR) is 122 cm³/mol. The lowest BCUT2D eigenvalue weighted by molar-refractivity contribution is -0.384. The highest BCUT2D eigenvalue weighted by atomic mass is 16.6. The Morgan fingerprint density at radius 1 is 1.06 bits per heavy atom. The molecule has 4 rings (SSSR count). The summed E-state index contributed by atoms with van der Waals surface area (Å²) in [7, 11) is 2.83. The Bertz CT molecular complexity index is 1220. The molecule has 0 amide bonds. The number of non-ortho nitro benzene ring substituents is 1. The monoisotopic (exact) mass is 447 g/mol. The molecular weight excluding hydrogens is 426 g/mol. The van der Waals surface area contributed by atoms with Crippen molar-refractivity contribution in [2.45, 2.75) is 12.5 Å². The van der Waals surface area contributed by atoms with Crippen molar-refractivity contribution in [2.24, 2.45) is 5.10 Å². The summed E-state index contributed by atoms with van der Waals surface area (Å²) in [5.41, 5.74) is 2.71. The van der Waals surface area contributed by atoms with Gasteiger partial charge in [0.25, 0.3) is 5.69 Å². The van der Waals surface area contributed by atoms with Gasteiger partial charge in [0.05, 0.1) is 36.6 Å². The lowest BCUT2D eigenvalue weighted by Crippen LogP contribution is -2.21. The van der Waals surface area contributed by atoms with E-state index in [9.17, 15) is 20.0 Å². The van der Waals surface area contributed by atoms with Crippen molar-refractivity contribution in [3.63, 3.8) is 0 Å². The molecule has 0 unspecified atom stereocenters. The summed E-state index contributed by atoms with van der Waals surface area (Å²) in [5, 5.41) is 27.6. The molecule has 1 aliphatic rings. The van der Waals surface area contributed by atoms with Gasteiger partial charge in [0, 0.05) is 18.6 Å². The Balaban J connectivity index is 1.86. The Labute approximate surface area is 189 Å². The molecule has 0 bridgehead atoms. The zero-order chi connectivity index (χ0) is 23.5. The van der Waals surface area contributed by atoms with E-state index in [2.05, 4.69) is 0 Å². The van der Waals surface area contributed by atoms with Gasteiger partial charge in [-0.2, -0.15) is 5.10 Å². The van der Waals surface area contributed by atoms with Crippen LogP contribution in [0.4, 0.5) is 11.4 Å². The van der Waals surface area contributed by atoms with Gasteiger partial charge in [-0.05, 0) is 29.3 Å². The molecule has 1 N–H and O–H groups in total. The molecule has 9 heteroatoms. The average molecular weight is 447 g/mol. The zero-order valence-corrected chi connectivity index (χ0v) is 18.0. The third-order valence-electron chi connectivity index (χ3n) is 5.49. The van der Waals surface area contributed by atoms with Crippen LogP contribution in [0.3, 0.4) is 0 Å². The van der Waals surface area contributed by atoms with Crippen molar-refractivity contribution in [3.05, 3.63) is 93.5 Å². The van der Waals surface area contributed by atoms with Crippen LogP contribution in [0, 0.1) is 10.1 Å². The van der Waals surface area contributed by atoms with Crippen LogP contribution < -0.4 is 14.5 Å². The highest BCUT2D eigenvalue weighted by Gasteiger charge is 2.35. The molecule has 9 nitrogen and oxygen atoms in total. The van der Waals surface area contributed by atoms with E-state index in [-0.39, 0.29) is 17.0 Å². The Kier molecular flexibility index (Phi) is 5.95. The molecule has 0 radical (unpaired) electrons. The van der Waals surface area contributed by atoms with Gasteiger partial charge < -0.3 is 14.6 Å². The maximum atomic E-state index is 12.3. The quantitative estimate of drug-likeness (QED) is 0.414. The number of anilines is 1. The van der Waals surface area contributed by atoms with E-state index in [1.54, 1.807) is 29.3 Å². The smallest absolute Gasteiger partial charge is 0.339 e. The molecule has 0 saturated heterocycles. The van der Waals surface area contributed by atoms with Crippen LogP contribution in [0.25, 0.3) is 0 Å². The fourth-order valence-electron chi connectivity index (χ4n) is 3.96. The number of rotatable bonds is 7. The molecule has 1 heterocycles. The Morgan fingerprint density at radius 2 is 1.76 bits per heavy atom. The number of hydrazone groups is 1. The first-order valence-corrected chi connectivity index (χ1v) is 10.1. The fraction of sp³-hybridized carbons (Fsp3) is 0.167. The van der Waals surface area contributed by atoms with Crippen molar-refractivity contribution in [2.75, 3.05) is 19.2 Å². The summed E-state index contributed by atoms with van der Waals surface area (Å²) >= 11 is 0. The highest BCUT2D eigenvalue weighted by Crippen LogP contribution is 2.43. The van der Waals surface area contributed by atoms with Gasteiger partial charge in [-0.1, -0.05) is 36.4 Å². The summed E-state index contributed by atoms with van der Waals surface area (Å²) in [6, 6.07) is 18.4. The number of carboxylic acid groups (broad SMARTS) is 1. The van der Waals surface area contributed by atoms with E-state index in [4.69, 9.17) is 14.6 Å². The van der Waals surface area contributed by atoms with Crippen molar-refractivity contribution < 1.29 is 24.3 Å².